The molecular formula is C14H19N5S. The highest BCUT2D eigenvalue weighted by Crippen LogP contribution is 2.27. The number of likely N-dealkylation sites (tertiary alicyclic amines) is 1. The molecule has 1 aliphatic rings. The fourth-order valence-electron chi connectivity index (χ4n) is 2.56. The Morgan fingerprint density at radius 1 is 1.30 bits per heavy atom. The Balaban J connectivity index is 1.83. The van der Waals surface area contributed by atoms with E-state index < -0.39 is 0 Å². The molecule has 2 aromatic heterocycles. The summed E-state index contributed by atoms with van der Waals surface area (Å²) < 4.78 is 0. The van der Waals surface area contributed by atoms with E-state index in [0.29, 0.717) is 5.92 Å². The molecule has 106 valence electrons. The minimum absolute atomic E-state index is 0.514. The van der Waals surface area contributed by atoms with Gasteiger partial charge in [0.15, 0.2) is 5.13 Å². The van der Waals surface area contributed by atoms with Gasteiger partial charge >= 0.3 is 0 Å². The summed E-state index contributed by atoms with van der Waals surface area (Å²) in [5.41, 5.74) is 2.17. The van der Waals surface area contributed by atoms with Crippen molar-refractivity contribution in [3.8, 4) is 0 Å². The van der Waals surface area contributed by atoms with E-state index in [4.69, 9.17) is 0 Å². The van der Waals surface area contributed by atoms with E-state index in [-0.39, 0.29) is 0 Å². The lowest BCUT2D eigenvalue weighted by Crippen LogP contribution is -2.14. The lowest BCUT2D eigenvalue weighted by atomic mass is 10.0. The molecule has 1 aliphatic heterocycles. The highest BCUT2D eigenvalue weighted by atomic mass is 32.1. The fraction of sp³-hybridized carbons (Fsp3) is 0.500. The number of hydrogen-bond donors (Lipinski definition) is 1. The monoisotopic (exact) mass is 289 g/mol. The van der Waals surface area contributed by atoms with Crippen molar-refractivity contribution >= 4 is 22.3 Å². The van der Waals surface area contributed by atoms with Crippen LogP contribution in [0.2, 0.25) is 0 Å². The van der Waals surface area contributed by atoms with Crippen molar-refractivity contribution in [1.82, 2.24) is 19.9 Å². The van der Waals surface area contributed by atoms with Gasteiger partial charge in [0.25, 0.3) is 0 Å². The molecule has 0 spiro atoms. The first kappa shape index (κ1) is 13.5. The lowest BCUT2D eigenvalue weighted by Gasteiger charge is -2.12. The van der Waals surface area contributed by atoms with Crippen LogP contribution in [0.4, 0.5) is 10.9 Å². The molecule has 3 heterocycles. The number of aryl methyl sites for hydroxylation is 2. The van der Waals surface area contributed by atoms with E-state index in [1.807, 2.05) is 19.2 Å². The second kappa shape index (κ2) is 5.46. The van der Waals surface area contributed by atoms with Crippen LogP contribution in [-0.2, 0) is 0 Å². The Bertz CT molecular complexity index is 609. The summed E-state index contributed by atoms with van der Waals surface area (Å²) in [5.74, 6) is 2.17. The molecular weight excluding hydrogens is 270 g/mol. The van der Waals surface area contributed by atoms with Gasteiger partial charge in [-0.3, -0.25) is 0 Å². The minimum atomic E-state index is 0.514. The van der Waals surface area contributed by atoms with E-state index in [1.165, 1.54) is 6.42 Å². The molecule has 0 amide bonds. The first-order valence-corrected chi connectivity index (χ1v) is 7.71. The van der Waals surface area contributed by atoms with Crippen molar-refractivity contribution < 1.29 is 0 Å². The van der Waals surface area contributed by atoms with Crippen molar-refractivity contribution in [2.45, 2.75) is 26.2 Å². The SMILES string of the molecule is Cc1csc(Nc2cc([C@H]3CCN(C)C3)nc(C)n2)n1. The van der Waals surface area contributed by atoms with Gasteiger partial charge in [-0.2, -0.15) is 0 Å². The molecule has 5 nitrogen and oxygen atoms in total. The number of hydrogen-bond acceptors (Lipinski definition) is 6. The second-order valence-corrected chi connectivity index (χ2v) is 6.25. The molecule has 0 unspecified atom stereocenters. The molecule has 0 saturated carbocycles. The maximum absolute atomic E-state index is 4.60. The summed E-state index contributed by atoms with van der Waals surface area (Å²) in [7, 11) is 2.16. The number of aromatic nitrogens is 3. The average molecular weight is 289 g/mol. The molecule has 1 saturated heterocycles. The lowest BCUT2D eigenvalue weighted by molar-refractivity contribution is 0.410. The molecule has 6 heteroatoms. The summed E-state index contributed by atoms with van der Waals surface area (Å²) in [4.78, 5) is 15.8. The zero-order chi connectivity index (χ0) is 14.1. The first-order valence-electron chi connectivity index (χ1n) is 6.83. The van der Waals surface area contributed by atoms with Crippen LogP contribution in [0.1, 0.15) is 29.6 Å². The van der Waals surface area contributed by atoms with Crippen molar-refractivity contribution in [3.63, 3.8) is 0 Å². The molecule has 0 aliphatic carbocycles. The quantitative estimate of drug-likeness (QED) is 0.941. The van der Waals surface area contributed by atoms with Gasteiger partial charge in [-0.05, 0) is 33.9 Å². The number of nitrogens with zero attached hydrogens (tertiary/aromatic N) is 4. The van der Waals surface area contributed by atoms with Crippen LogP contribution in [0, 0.1) is 13.8 Å². The van der Waals surface area contributed by atoms with E-state index in [0.717, 1.165) is 41.3 Å². The summed E-state index contributed by atoms with van der Waals surface area (Å²) in [6, 6.07) is 2.06. The summed E-state index contributed by atoms with van der Waals surface area (Å²) in [6.07, 6.45) is 1.17. The maximum atomic E-state index is 4.60. The van der Waals surface area contributed by atoms with Gasteiger partial charge in [-0.15, -0.1) is 11.3 Å². The zero-order valence-corrected chi connectivity index (χ0v) is 12.9. The smallest absolute Gasteiger partial charge is 0.188 e. The van der Waals surface area contributed by atoms with E-state index in [9.17, 15) is 0 Å². The van der Waals surface area contributed by atoms with Crippen LogP contribution in [0.15, 0.2) is 11.4 Å². The van der Waals surface area contributed by atoms with Crippen molar-refractivity contribution in [1.29, 1.82) is 0 Å². The Morgan fingerprint density at radius 3 is 2.80 bits per heavy atom. The molecule has 0 radical (unpaired) electrons. The minimum Gasteiger partial charge on any atom is -0.316 e. The summed E-state index contributed by atoms with van der Waals surface area (Å²) >= 11 is 1.60. The van der Waals surface area contributed by atoms with Gasteiger partial charge in [0.1, 0.15) is 11.6 Å². The largest absolute Gasteiger partial charge is 0.316 e. The Kier molecular flexibility index (Phi) is 3.67. The van der Waals surface area contributed by atoms with Crippen LogP contribution in [-0.4, -0.2) is 40.0 Å². The molecule has 0 bridgehead atoms. The highest BCUT2D eigenvalue weighted by Gasteiger charge is 2.23. The van der Waals surface area contributed by atoms with E-state index >= 15 is 0 Å². The van der Waals surface area contributed by atoms with Crippen LogP contribution >= 0.6 is 11.3 Å². The van der Waals surface area contributed by atoms with Crippen LogP contribution in [0.5, 0.6) is 0 Å². The molecule has 20 heavy (non-hydrogen) atoms. The molecule has 0 aromatic carbocycles. The van der Waals surface area contributed by atoms with Gasteiger partial charge < -0.3 is 10.2 Å². The van der Waals surface area contributed by atoms with Gasteiger partial charge in [-0.1, -0.05) is 0 Å². The molecule has 1 N–H and O–H groups in total. The normalized spacial score (nSPS) is 19.4. The van der Waals surface area contributed by atoms with Crippen LogP contribution in [0.3, 0.4) is 0 Å². The number of likely N-dealkylation sites (N-methyl/N-ethyl adjacent to an activating group) is 1. The van der Waals surface area contributed by atoms with Crippen molar-refractivity contribution in [3.05, 3.63) is 28.7 Å². The average Bonchev–Trinajstić information content (AvgIpc) is 2.98. The molecule has 1 fully saturated rings. The molecule has 1 atom stereocenters. The second-order valence-electron chi connectivity index (χ2n) is 5.39. The predicted molar refractivity (Wildman–Crippen MR) is 81.8 cm³/mol. The van der Waals surface area contributed by atoms with Crippen LogP contribution < -0.4 is 5.32 Å². The van der Waals surface area contributed by atoms with Gasteiger partial charge in [0.2, 0.25) is 0 Å². The van der Waals surface area contributed by atoms with E-state index in [2.05, 4.69) is 38.3 Å². The zero-order valence-electron chi connectivity index (χ0n) is 12.1. The number of anilines is 2. The van der Waals surface area contributed by atoms with Crippen LogP contribution in [0.25, 0.3) is 0 Å². The van der Waals surface area contributed by atoms with E-state index in [1.54, 1.807) is 11.3 Å². The Labute approximate surface area is 123 Å². The molecule has 2 aromatic rings. The van der Waals surface area contributed by atoms with Gasteiger partial charge in [0, 0.05) is 23.9 Å². The van der Waals surface area contributed by atoms with Gasteiger partial charge in [0.05, 0.1) is 11.4 Å². The number of nitrogens with one attached hydrogen (secondary N) is 1. The standard InChI is InChI=1S/C14H19N5S/c1-9-8-20-14(15-9)18-13-6-12(16-10(2)17-13)11-4-5-19(3)7-11/h6,8,11H,4-5,7H2,1-3H3,(H,15,16,17,18)/t11-/m0/s1. The first-order chi connectivity index (χ1) is 9.60. The third kappa shape index (κ3) is 2.96. The van der Waals surface area contributed by atoms with Crippen molar-refractivity contribution in [2.75, 3.05) is 25.5 Å². The molecule has 3 rings (SSSR count). The van der Waals surface area contributed by atoms with Gasteiger partial charge in [-0.25, -0.2) is 15.0 Å². The highest BCUT2D eigenvalue weighted by molar-refractivity contribution is 7.13. The number of thiazole rings is 1. The summed E-state index contributed by atoms with van der Waals surface area (Å²) in [5, 5.41) is 6.20. The number of rotatable bonds is 3. The summed E-state index contributed by atoms with van der Waals surface area (Å²) in [6.45, 7) is 6.15. The Morgan fingerprint density at radius 2 is 2.15 bits per heavy atom. The van der Waals surface area contributed by atoms with Crippen molar-refractivity contribution in [2.24, 2.45) is 0 Å². The maximum Gasteiger partial charge on any atom is 0.188 e. The third-order valence-corrected chi connectivity index (χ3v) is 4.40. The topological polar surface area (TPSA) is 53.9 Å². The Hall–Kier alpha value is -1.53. The fourth-order valence-corrected chi connectivity index (χ4v) is 3.26. The predicted octanol–water partition coefficient (Wildman–Crippen LogP) is 2.71. The third-order valence-electron chi connectivity index (χ3n) is 3.52.